The van der Waals surface area contributed by atoms with Gasteiger partial charge in [0, 0.05) is 30.9 Å². The van der Waals surface area contributed by atoms with Gasteiger partial charge in [-0.1, -0.05) is 6.07 Å². The molecule has 0 atom stereocenters. The number of hydrogen-bond donors (Lipinski definition) is 1. The van der Waals surface area contributed by atoms with Crippen LogP contribution in [0.5, 0.6) is 0 Å². The van der Waals surface area contributed by atoms with E-state index in [0.717, 1.165) is 47.3 Å². The van der Waals surface area contributed by atoms with E-state index in [1.54, 1.807) is 6.07 Å². The maximum absolute atomic E-state index is 13.6. The quantitative estimate of drug-likeness (QED) is 0.593. The third kappa shape index (κ3) is 4.41. The monoisotopic (exact) mass is 434 g/mol. The second kappa shape index (κ2) is 7.84. The lowest BCUT2D eigenvalue weighted by Gasteiger charge is -2.26. The third-order valence-electron chi connectivity index (χ3n) is 6.50. The Labute approximate surface area is 179 Å². The average molecular weight is 434 g/mol. The van der Waals surface area contributed by atoms with Gasteiger partial charge in [-0.05, 0) is 86.1 Å². The lowest BCUT2D eigenvalue weighted by atomic mass is 10.0. The molecule has 3 nitrogen and oxygen atoms in total. The fraction of sp³-hybridized carbons (Fsp3) is 0.458. The summed E-state index contributed by atoms with van der Waals surface area (Å²) in [5.74, 6) is -0.822. The molecular weight excluding hydrogens is 408 g/mol. The summed E-state index contributed by atoms with van der Waals surface area (Å²) in [6.45, 7) is 5.18. The molecular formula is C24H26F4N2O. The topological polar surface area (TPSA) is 32.3 Å². The molecule has 1 heterocycles. The van der Waals surface area contributed by atoms with E-state index >= 15 is 0 Å². The minimum Gasteiger partial charge on any atom is -0.367 e. The van der Waals surface area contributed by atoms with E-state index in [2.05, 4.69) is 10.2 Å². The van der Waals surface area contributed by atoms with Crippen molar-refractivity contribution in [3.05, 3.63) is 58.4 Å². The van der Waals surface area contributed by atoms with Gasteiger partial charge >= 0.3 is 6.18 Å². The summed E-state index contributed by atoms with van der Waals surface area (Å²) in [6.07, 6.45) is -3.13. The van der Waals surface area contributed by atoms with Crippen LogP contribution in [0.1, 0.15) is 47.9 Å². The fourth-order valence-corrected chi connectivity index (χ4v) is 4.47. The number of carbonyl (C=O) groups excluding carboxylic acids is 1. The van der Waals surface area contributed by atoms with Gasteiger partial charge in [-0.3, -0.25) is 4.79 Å². The van der Waals surface area contributed by atoms with E-state index in [9.17, 15) is 22.4 Å². The van der Waals surface area contributed by atoms with Gasteiger partial charge in [-0.15, -0.1) is 0 Å². The number of amides is 1. The number of fused-ring (bicyclic) bond motifs is 1. The molecule has 0 aromatic heterocycles. The lowest BCUT2D eigenvalue weighted by molar-refractivity contribution is -0.189. The lowest BCUT2D eigenvalue weighted by Crippen LogP contribution is -2.30. The molecule has 166 valence electrons. The Bertz CT molecular complexity index is 988. The van der Waals surface area contributed by atoms with E-state index in [1.165, 1.54) is 6.07 Å². The van der Waals surface area contributed by atoms with Gasteiger partial charge in [-0.2, -0.15) is 13.2 Å². The summed E-state index contributed by atoms with van der Waals surface area (Å²) < 4.78 is 53.1. The summed E-state index contributed by atoms with van der Waals surface area (Å²) in [6, 6.07) is 8.81. The van der Waals surface area contributed by atoms with E-state index in [4.69, 9.17) is 0 Å². The van der Waals surface area contributed by atoms with Gasteiger partial charge in [-0.25, -0.2) is 4.39 Å². The highest BCUT2D eigenvalue weighted by Gasteiger charge is 2.63. The maximum Gasteiger partial charge on any atom is 0.395 e. The SMILES string of the molecule is Cc1cc(N2CCCc3cc(F)ccc3C2)cc(C)c1NC(=O)CC1(C(F)(F)F)CC1. The molecule has 2 aromatic rings. The summed E-state index contributed by atoms with van der Waals surface area (Å²) in [5.41, 5.74) is 3.44. The van der Waals surface area contributed by atoms with Crippen LogP contribution in [0.3, 0.4) is 0 Å². The molecule has 1 aliphatic heterocycles. The van der Waals surface area contributed by atoms with Gasteiger partial charge in [0.05, 0.1) is 5.41 Å². The summed E-state index contributed by atoms with van der Waals surface area (Å²) >= 11 is 0. The van der Waals surface area contributed by atoms with Crippen molar-refractivity contribution in [1.82, 2.24) is 0 Å². The molecule has 2 aliphatic rings. The molecule has 0 spiro atoms. The zero-order valence-corrected chi connectivity index (χ0v) is 17.7. The number of rotatable bonds is 4. The zero-order chi connectivity index (χ0) is 22.4. The minimum atomic E-state index is -4.34. The summed E-state index contributed by atoms with van der Waals surface area (Å²) in [5, 5.41) is 2.71. The standard InChI is InChI=1S/C24H26F4N2O/c1-15-10-20(30-9-3-4-17-12-19(25)6-5-18(17)14-30)11-16(2)22(15)29-21(31)13-23(7-8-23)24(26,27)28/h5-6,10-12H,3-4,7-9,13-14H2,1-2H3,(H,29,31). The first-order valence-corrected chi connectivity index (χ1v) is 10.6. The molecule has 0 radical (unpaired) electrons. The molecule has 0 saturated heterocycles. The van der Waals surface area contributed by atoms with Crippen LogP contribution in [0.2, 0.25) is 0 Å². The highest BCUT2D eigenvalue weighted by atomic mass is 19.4. The van der Waals surface area contributed by atoms with Crippen LogP contribution in [-0.4, -0.2) is 18.6 Å². The predicted molar refractivity (Wildman–Crippen MR) is 113 cm³/mol. The molecule has 1 saturated carbocycles. The van der Waals surface area contributed by atoms with Gasteiger partial charge in [0.25, 0.3) is 0 Å². The normalized spacial score (nSPS) is 17.7. The van der Waals surface area contributed by atoms with E-state index in [0.29, 0.717) is 12.2 Å². The van der Waals surface area contributed by atoms with Crippen molar-refractivity contribution in [2.75, 3.05) is 16.8 Å². The first-order valence-electron chi connectivity index (χ1n) is 10.6. The Hall–Kier alpha value is -2.57. The Morgan fingerprint density at radius 2 is 1.77 bits per heavy atom. The molecule has 2 aromatic carbocycles. The van der Waals surface area contributed by atoms with Crippen LogP contribution in [0.25, 0.3) is 0 Å². The Kier molecular flexibility index (Phi) is 5.48. The predicted octanol–water partition coefficient (Wildman–Crippen LogP) is 6.07. The highest BCUT2D eigenvalue weighted by Crippen LogP contribution is 2.60. The van der Waals surface area contributed by atoms with Crippen LogP contribution < -0.4 is 10.2 Å². The number of nitrogens with one attached hydrogen (secondary N) is 1. The average Bonchev–Trinajstić information content (AvgIpc) is 3.48. The molecule has 0 unspecified atom stereocenters. The van der Waals surface area contributed by atoms with Crippen molar-refractivity contribution in [3.63, 3.8) is 0 Å². The van der Waals surface area contributed by atoms with Crippen LogP contribution in [0.4, 0.5) is 28.9 Å². The number of anilines is 2. The van der Waals surface area contributed by atoms with Crippen molar-refractivity contribution in [1.29, 1.82) is 0 Å². The largest absolute Gasteiger partial charge is 0.395 e. The van der Waals surface area contributed by atoms with Crippen molar-refractivity contribution >= 4 is 17.3 Å². The van der Waals surface area contributed by atoms with Crippen LogP contribution in [-0.2, 0) is 17.8 Å². The van der Waals surface area contributed by atoms with E-state index in [-0.39, 0.29) is 18.7 Å². The van der Waals surface area contributed by atoms with Gasteiger partial charge < -0.3 is 10.2 Å². The van der Waals surface area contributed by atoms with Gasteiger partial charge in [0.1, 0.15) is 5.82 Å². The van der Waals surface area contributed by atoms with Gasteiger partial charge in [0.2, 0.25) is 5.91 Å². The maximum atomic E-state index is 13.6. The number of hydrogen-bond acceptors (Lipinski definition) is 2. The molecule has 31 heavy (non-hydrogen) atoms. The fourth-order valence-electron chi connectivity index (χ4n) is 4.47. The molecule has 1 aliphatic carbocycles. The van der Waals surface area contributed by atoms with E-state index in [1.807, 2.05) is 32.0 Å². The molecule has 7 heteroatoms. The highest BCUT2D eigenvalue weighted by molar-refractivity contribution is 5.93. The number of aryl methyl sites for hydroxylation is 3. The smallest absolute Gasteiger partial charge is 0.367 e. The van der Waals surface area contributed by atoms with Crippen molar-refractivity contribution in [3.8, 4) is 0 Å². The van der Waals surface area contributed by atoms with Crippen molar-refractivity contribution < 1.29 is 22.4 Å². The van der Waals surface area contributed by atoms with Gasteiger partial charge in [0.15, 0.2) is 0 Å². The molecule has 1 N–H and O–H groups in total. The third-order valence-corrected chi connectivity index (χ3v) is 6.50. The minimum absolute atomic E-state index is 0.0150. The van der Waals surface area contributed by atoms with Crippen molar-refractivity contribution in [2.45, 2.75) is 58.7 Å². The van der Waals surface area contributed by atoms with Crippen molar-refractivity contribution in [2.24, 2.45) is 5.41 Å². The molecule has 0 bridgehead atoms. The van der Waals surface area contributed by atoms with Crippen LogP contribution in [0, 0.1) is 25.1 Å². The zero-order valence-electron chi connectivity index (χ0n) is 17.7. The Balaban J connectivity index is 1.51. The second-order valence-electron chi connectivity index (χ2n) is 8.90. The van der Waals surface area contributed by atoms with Crippen LogP contribution >= 0.6 is 0 Å². The van der Waals surface area contributed by atoms with Crippen LogP contribution in [0.15, 0.2) is 30.3 Å². The first-order chi connectivity index (χ1) is 14.6. The summed E-state index contributed by atoms with van der Waals surface area (Å²) in [4.78, 5) is 14.6. The molecule has 4 rings (SSSR count). The Morgan fingerprint density at radius 1 is 1.10 bits per heavy atom. The second-order valence-corrected chi connectivity index (χ2v) is 8.90. The summed E-state index contributed by atoms with van der Waals surface area (Å²) in [7, 11) is 0. The number of halogens is 4. The number of carbonyl (C=O) groups is 1. The number of benzene rings is 2. The number of nitrogens with zero attached hydrogens (tertiary/aromatic N) is 1. The van der Waals surface area contributed by atoms with E-state index < -0.39 is 23.9 Å². The Morgan fingerprint density at radius 3 is 2.39 bits per heavy atom. The first kappa shape index (κ1) is 21.7. The molecule has 1 amide bonds. The molecule has 1 fully saturated rings. The number of alkyl halides is 3.